The highest BCUT2D eigenvalue weighted by Crippen LogP contribution is 2.14. The second-order valence-electron chi connectivity index (χ2n) is 4.84. The third kappa shape index (κ3) is 4.37. The molecule has 0 saturated carbocycles. The quantitative estimate of drug-likeness (QED) is 0.683. The minimum absolute atomic E-state index is 0.114. The molecule has 0 spiro atoms. The number of hydrogen-bond donors (Lipinski definition) is 3. The van der Waals surface area contributed by atoms with Crippen LogP contribution in [0, 0.1) is 0 Å². The van der Waals surface area contributed by atoms with Gasteiger partial charge in [0, 0.05) is 17.8 Å². The summed E-state index contributed by atoms with van der Waals surface area (Å²) in [6.45, 7) is 0.527. The number of methoxy groups -OCH3 is 1. The summed E-state index contributed by atoms with van der Waals surface area (Å²) >= 11 is 0. The predicted octanol–water partition coefficient (Wildman–Crippen LogP) is 2.43. The second kappa shape index (κ2) is 7.31. The molecule has 6 nitrogen and oxygen atoms in total. The molecule has 0 unspecified atom stereocenters. The van der Waals surface area contributed by atoms with E-state index in [1.807, 2.05) is 30.3 Å². The van der Waals surface area contributed by atoms with Gasteiger partial charge in [0.15, 0.2) is 0 Å². The predicted molar refractivity (Wildman–Crippen MR) is 81.9 cm³/mol. The topological polar surface area (TPSA) is 91.4 Å². The average molecular weight is 302 g/mol. The van der Waals surface area contributed by atoms with Crippen LogP contribution >= 0.6 is 0 Å². The lowest BCUT2D eigenvalue weighted by Crippen LogP contribution is -2.04. The van der Waals surface area contributed by atoms with Crippen LogP contribution in [0.25, 0.3) is 0 Å². The SMILES string of the molecule is COC(=O)c1ccc(CNc2cccc(CCC(=O)O)c2)[nH]1. The first-order chi connectivity index (χ1) is 10.6. The molecular weight excluding hydrogens is 284 g/mol. The van der Waals surface area contributed by atoms with E-state index in [-0.39, 0.29) is 6.42 Å². The van der Waals surface area contributed by atoms with Gasteiger partial charge in [0.25, 0.3) is 0 Å². The Morgan fingerprint density at radius 2 is 2.09 bits per heavy atom. The van der Waals surface area contributed by atoms with Crippen molar-refractivity contribution in [1.82, 2.24) is 4.98 Å². The number of nitrogens with one attached hydrogen (secondary N) is 2. The number of carbonyl (C=O) groups excluding carboxylic acids is 1. The summed E-state index contributed by atoms with van der Waals surface area (Å²) in [5.41, 5.74) is 3.14. The maximum Gasteiger partial charge on any atom is 0.354 e. The highest BCUT2D eigenvalue weighted by atomic mass is 16.5. The van der Waals surface area contributed by atoms with Gasteiger partial charge in [0.1, 0.15) is 5.69 Å². The molecule has 2 rings (SSSR count). The van der Waals surface area contributed by atoms with Crippen LogP contribution in [-0.4, -0.2) is 29.1 Å². The summed E-state index contributed by atoms with van der Waals surface area (Å²) in [6.07, 6.45) is 0.614. The first kappa shape index (κ1) is 15.6. The van der Waals surface area contributed by atoms with Crippen LogP contribution in [0.15, 0.2) is 36.4 Å². The molecule has 0 amide bonds. The molecule has 22 heavy (non-hydrogen) atoms. The van der Waals surface area contributed by atoms with E-state index < -0.39 is 11.9 Å². The van der Waals surface area contributed by atoms with Crippen molar-refractivity contribution in [3.05, 3.63) is 53.3 Å². The van der Waals surface area contributed by atoms with Crippen molar-refractivity contribution in [2.24, 2.45) is 0 Å². The van der Waals surface area contributed by atoms with E-state index in [2.05, 4.69) is 15.0 Å². The number of anilines is 1. The standard InChI is InChI=1S/C16H18N2O4/c1-22-16(21)14-7-6-13(18-14)10-17-12-4-2-3-11(9-12)5-8-15(19)20/h2-4,6-7,9,17-18H,5,8,10H2,1H3,(H,19,20). The molecule has 0 fully saturated rings. The smallest absolute Gasteiger partial charge is 0.354 e. The second-order valence-corrected chi connectivity index (χ2v) is 4.84. The molecule has 6 heteroatoms. The molecule has 0 aliphatic heterocycles. The number of hydrogen-bond acceptors (Lipinski definition) is 4. The van der Waals surface area contributed by atoms with Gasteiger partial charge in [-0.3, -0.25) is 4.79 Å². The summed E-state index contributed by atoms with van der Waals surface area (Å²) in [4.78, 5) is 24.9. The number of aromatic amines is 1. The number of ether oxygens (including phenoxy) is 1. The van der Waals surface area contributed by atoms with Crippen molar-refractivity contribution in [2.75, 3.05) is 12.4 Å². The van der Waals surface area contributed by atoms with E-state index in [4.69, 9.17) is 5.11 Å². The van der Waals surface area contributed by atoms with Crippen LogP contribution < -0.4 is 5.32 Å². The summed E-state index contributed by atoms with van der Waals surface area (Å²) in [5, 5.41) is 11.9. The number of aliphatic carboxylic acids is 1. The summed E-state index contributed by atoms with van der Waals surface area (Å²) in [5.74, 6) is -1.21. The molecule has 1 aromatic carbocycles. The molecule has 0 aliphatic carbocycles. The number of aromatic nitrogens is 1. The maximum absolute atomic E-state index is 11.4. The zero-order valence-electron chi connectivity index (χ0n) is 12.3. The Kier molecular flexibility index (Phi) is 5.19. The zero-order chi connectivity index (χ0) is 15.9. The monoisotopic (exact) mass is 302 g/mol. The van der Waals surface area contributed by atoms with Crippen LogP contribution in [0.4, 0.5) is 5.69 Å². The molecular formula is C16H18N2O4. The molecule has 0 atom stereocenters. The average Bonchev–Trinajstić information content (AvgIpc) is 2.99. The van der Waals surface area contributed by atoms with Crippen LogP contribution in [0.3, 0.4) is 0 Å². The molecule has 116 valence electrons. The first-order valence-corrected chi connectivity index (χ1v) is 6.89. The molecule has 1 heterocycles. The number of esters is 1. The van der Waals surface area contributed by atoms with Crippen molar-refractivity contribution in [2.45, 2.75) is 19.4 Å². The van der Waals surface area contributed by atoms with E-state index in [1.165, 1.54) is 7.11 Å². The van der Waals surface area contributed by atoms with Crippen molar-refractivity contribution < 1.29 is 19.4 Å². The van der Waals surface area contributed by atoms with Crippen molar-refractivity contribution in [1.29, 1.82) is 0 Å². The number of carbonyl (C=O) groups is 2. The summed E-state index contributed by atoms with van der Waals surface area (Å²) < 4.78 is 4.64. The fraction of sp³-hybridized carbons (Fsp3) is 0.250. The normalized spacial score (nSPS) is 10.2. The first-order valence-electron chi connectivity index (χ1n) is 6.89. The molecule has 0 bridgehead atoms. The lowest BCUT2D eigenvalue weighted by molar-refractivity contribution is -0.136. The fourth-order valence-corrected chi connectivity index (χ4v) is 2.06. The maximum atomic E-state index is 11.4. The number of aryl methyl sites for hydroxylation is 1. The lowest BCUT2D eigenvalue weighted by Gasteiger charge is -2.07. The molecule has 3 N–H and O–H groups in total. The Labute approximate surface area is 128 Å². The van der Waals surface area contributed by atoms with E-state index in [0.717, 1.165) is 16.9 Å². The van der Waals surface area contributed by atoms with Gasteiger partial charge < -0.3 is 20.1 Å². The van der Waals surface area contributed by atoms with Gasteiger partial charge in [-0.1, -0.05) is 12.1 Å². The van der Waals surface area contributed by atoms with Gasteiger partial charge in [0.05, 0.1) is 13.7 Å². The lowest BCUT2D eigenvalue weighted by atomic mass is 10.1. The van der Waals surface area contributed by atoms with E-state index in [9.17, 15) is 9.59 Å². The Morgan fingerprint density at radius 1 is 1.27 bits per heavy atom. The molecule has 0 radical (unpaired) electrons. The van der Waals surface area contributed by atoms with Gasteiger partial charge in [-0.15, -0.1) is 0 Å². The number of rotatable bonds is 7. The number of carboxylic acids is 1. The Bertz CT molecular complexity index is 664. The van der Waals surface area contributed by atoms with Gasteiger partial charge in [-0.25, -0.2) is 4.79 Å². The fourth-order valence-electron chi connectivity index (χ4n) is 2.06. The van der Waals surface area contributed by atoms with Gasteiger partial charge in [-0.05, 0) is 36.2 Å². The number of benzene rings is 1. The van der Waals surface area contributed by atoms with Crippen molar-refractivity contribution in [3.8, 4) is 0 Å². The molecule has 0 aliphatic rings. The number of H-pyrrole nitrogens is 1. The largest absolute Gasteiger partial charge is 0.481 e. The van der Waals surface area contributed by atoms with Gasteiger partial charge >= 0.3 is 11.9 Å². The van der Waals surface area contributed by atoms with Gasteiger partial charge in [-0.2, -0.15) is 0 Å². The van der Waals surface area contributed by atoms with Crippen molar-refractivity contribution in [3.63, 3.8) is 0 Å². The summed E-state index contributed by atoms with van der Waals surface area (Å²) in [6, 6.07) is 11.1. The minimum atomic E-state index is -0.805. The van der Waals surface area contributed by atoms with E-state index >= 15 is 0 Å². The Morgan fingerprint density at radius 3 is 2.82 bits per heavy atom. The molecule has 2 aromatic rings. The van der Waals surface area contributed by atoms with Crippen molar-refractivity contribution >= 4 is 17.6 Å². The van der Waals surface area contributed by atoms with Crippen LogP contribution in [0.2, 0.25) is 0 Å². The van der Waals surface area contributed by atoms with Gasteiger partial charge in [0.2, 0.25) is 0 Å². The Hall–Kier alpha value is -2.76. The van der Waals surface area contributed by atoms with Crippen LogP contribution in [0.1, 0.15) is 28.2 Å². The summed E-state index contributed by atoms with van der Waals surface area (Å²) in [7, 11) is 1.34. The number of carboxylic acid groups (broad SMARTS) is 1. The van der Waals surface area contributed by atoms with E-state index in [0.29, 0.717) is 18.7 Å². The molecule has 1 aromatic heterocycles. The van der Waals surface area contributed by atoms with Crippen LogP contribution in [0.5, 0.6) is 0 Å². The minimum Gasteiger partial charge on any atom is -0.481 e. The highest BCUT2D eigenvalue weighted by molar-refractivity contribution is 5.87. The third-order valence-electron chi connectivity index (χ3n) is 3.19. The highest BCUT2D eigenvalue weighted by Gasteiger charge is 2.07. The van der Waals surface area contributed by atoms with Crippen LogP contribution in [-0.2, 0) is 22.5 Å². The molecule has 0 saturated heterocycles. The third-order valence-corrected chi connectivity index (χ3v) is 3.19. The Balaban J connectivity index is 1.93. The van der Waals surface area contributed by atoms with E-state index in [1.54, 1.807) is 6.07 Å². The zero-order valence-corrected chi connectivity index (χ0v) is 12.3.